The number of non-ortho nitro benzene ring substituents is 1. The summed E-state index contributed by atoms with van der Waals surface area (Å²) in [6.45, 7) is -0.280. The summed E-state index contributed by atoms with van der Waals surface area (Å²) < 4.78 is 5.34. The zero-order valence-corrected chi connectivity index (χ0v) is 12.5. The quantitative estimate of drug-likeness (QED) is 0.575. The van der Waals surface area contributed by atoms with Crippen LogP contribution in [0.3, 0.4) is 0 Å². The second kappa shape index (κ2) is 6.20. The first-order valence-electron chi connectivity index (χ1n) is 6.70. The molecule has 23 heavy (non-hydrogen) atoms. The number of nitro groups is 1. The van der Waals surface area contributed by atoms with Crippen LogP contribution < -0.4 is 0 Å². The van der Waals surface area contributed by atoms with Crippen LogP contribution in [0.25, 0.3) is 22.6 Å². The smallest absolute Gasteiger partial charge is 0.269 e. The second-order valence-electron chi connectivity index (χ2n) is 4.81. The Balaban J connectivity index is 2.06. The molecule has 0 saturated heterocycles. The lowest BCUT2D eigenvalue weighted by Crippen LogP contribution is -1.90. The molecule has 0 spiro atoms. The highest BCUT2D eigenvalue weighted by Gasteiger charge is 2.19. The minimum atomic E-state index is -0.478. The molecule has 0 bridgehead atoms. The number of rotatable bonds is 4. The van der Waals surface area contributed by atoms with Crippen LogP contribution in [0.1, 0.15) is 5.56 Å². The fraction of sp³-hybridized carbons (Fsp3) is 0.0625. The Bertz CT molecular complexity index is 859. The first kappa shape index (κ1) is 15.2. The number of aliphatic hydroxyl groups excluding tert-OH is 1. The van der Waals surface area contributed by atoms with Gasteiger partial charge in [-0.15, -0.1) is 0 Å². The molecule has 0 aliphatic heterocycles. The van der Waals surface area contributed by atoms with Crippen molar-refractivity contribution in [3.8, 4) is 22.6 Å². The van der Waals surface area contributed by atoms with Crippen molar-refractivity contribution in [1.29, 1.82) is 0 Å². The Morgan fingerprint density at radius 3 is 2.52 bits per heavy atom. The Labute approximate surface area is 136 Å². The highest BCUT2D eigenvalue weighted by atomic mass is 35.5. The van der Waals surface area contributed by atoms with E-state index in [0.29, 0.717) is 27.6 Å². The summed E-state index contributed by atoms with van der Waals surface area (Å²) in [4.78, 5) is 10.2. The molecule has 0 amide bonds. The van der Waals surface area contributed by atoms with Gasteiger partial charge in [-0.05, 0) is 24.3 Å². The van der Waals surface area contributed by atoms with Crippen LogP contribution in [0.2, 0.25) is 5.02 Å². The largest absolute Gasteiger partial charge is 0.391 e. The first-order valence-corrected chi connectivity index (χ1v) is 7.08. The van der Waals surface area contributed by atoms with Gasteiger partial charge in [0.1, 0.15) is 5.69 Å². The lowest BCUT2D eigenvalue weighted by atomic mass is 10.0. The number of nitro benzene ring substituents is 1. The summed E-state index contributed by atoms with van der Waals surface area (Å²) >= 11 is 5.98. The van der Waals surface area contributed by atoms with Gasteiger partial charge in [0.15, 0.2) is 5.76 Å². The molecule has 0 saturated carbocycles. The summed E-state index contributed by atoms with van der Waals surface area (Å²) in [6.07, 6.45) is 0. The average Bonchev–Trinajstić information content (AvgIpc) is 2.98. The van der Waals surface area contributed by atoms with Crippen molar-refractivity contribution in [3.05, 3.63) is 69.2 Å². The second-order valence-corrected chi connectivity index (χ2v) is 5.25. The number of aromatic nitrogens is 1. The SMILES string of the molecule is O=[N+]([O-])c1ccc(-c2onc(-c3cccc(Cl)c3)c2CO)cc1. The Kier molecular flexibility index (Phi) is 4.10. The van der Waals surface area contributed by atoms with Crippen LogP contribution >= 0.6 is 11.6 Å². The van der Waals surface area contributed by atoms with E-state index in [-0.39, 0.29) is 12.3 Å². The van der Waals surface area contributed by atoms with Gasteiger partial charge in [-0.3, -0.25) is 10.1 Å². The van der Waals surface area contributed by atoms with E-state index in [2.05, 4.69) is 5.16 Å². The van der Waals surface area contributed by atoms with Crippen molar-refractivity contribution >= 4 is 17.3 Å². The number of hydrogen-bond donors (Lipinski definition) is 1. The minimum absolute atomic E-state index is 0.0196. The molecule has 0 aliphatic rings. The van der Waals surface area contributed by atoms with E-state index >= 15 is 0 Å². The fourth-order valence-corrected chi connectivity index (χ4v) is 2.47. The molecule has 0 aliphatic carbocycles. The number of halogens is 1. The highest BCUT2D eigenvalue weighted by Crippen LogP contribution is 2.33. The lowest BCUT2D eigenvalue weighted by Gasteiger charge is -2.02. The summed E-state index contributed by atoms with van der Waals surface area (Å²) in [7, 11) is 0. The normalized spacial score (nSPS) is 10.7. The third-order valence-electron chi connectivity index (χ3n) is 3.38. The maximum Gasteiger partial charge on any atom is 0.269 e. The zero-order chi connectivity index (χ0) is 16.4. The molecule has 1 aromatic heterocycles. The summed E-state index contributed by atoms with van der Waals surface area (Å²) in [5.74, 6) is 0.373. The predicted molar refractivity (Wildman–Crippen MR) is 85.0 cm³/mol. The Morgan fingerprint density at radius 1 is 1.17 bits per heavy atom. The van der Waals surface area contributed by atoms with Crippen LogP contribution in [0.4, 0.5) is 5.69 Å². The average molecular weight is 331 g/mol. The highest BCUT2D eigenvalue weighted by molar-refractivity contribution is 6.30. The van der Waals surface area contributed by atoms with Crippen LogP contribution in [0.15, 0.2) is 53.1 Å². The Hall–Kier alpha value is -2.70. The molecule has 6 nitrogen and oxygen atoms in total. The van der Waals surface area contributed by atoms with Crippen molar-refractivity contribution in [1.82, 2.24) is 5.16 Å². The van der Waals surface area contributed by atoms with Gasteiger partial charge in [0.05, 0.1) is 17.1 Å². The predicted octanol–water partition coefficient (Wildman–Crippen LogP) is 4.06. The number of nitrogens with zero attached hydrogens (tertiary/aromatic N) is 2. The van der Waals surface area contributed by atoms with Crippen LogP contribution in [-0.2, 0) is 6.61 Å². The van der Waals surface area contributed by atoms with Crippen molar-refractivity contribution in [3.63, 3.8) is 0 Å². The van der Waals surface area contributed by atoms with Gasteiger partial charge in [0.2, 0.25) is 0 Å². The minimum Gasteiger partial charge on any atom is -0.391 e. The van der Waals surface area contributed by atoms with Gasteiger partial charge in [0, 0.05) is 28.3 Å². The lowest BCUT2D eigenvalue weighted by molar-refractivity contribution is -0.384. The molecule has 3 aromatic rings. The standard InChI is InChI=1S/C16H11ClN2O4/c17-12-3-1-2-11(8-12)15-14(9-20)16(23-18-15)10-4-6-13(7-5-10)19(21)22/h1-8,20H,9H2. The monoisotopic (exact) mass is 330 g/mol. The molecule has 2 aromatic carbocycles. The maximum atomic E-state index is 10.7. The number of aliphatic hydroxyl groups is 1. The van der Waals surface area contributed by atoms with Gasteiger partial charge in [0.25, 0.3) is 5.69 Å². The van der Waals surface area contributed by atoms with Crippen LogP contribution in [-0.4, -0.2) is 15.2 Å². The topological polar surface area (TPSA) is 89.4 Å². The Morgan fingerprint density at radius 2 is 1.91 bits per heavy atom. The van der Waals surface area contributed by atoms with Crippen LogP contribution in [0, 0.1) is 10.1 Å². The third kappa shape index (κ3) is 2.94. The van der Waals surface area contributed by atoms with Crippen molar-refractivity contribution in [2.75, 3.05) is 0 Å². The zero-order valence-electron chi connectivity index (χ0n) is 11.8. The number of benzene rings is 2. The van der Waals surface area contributed by atoms with Gasteiger partial charge in [-0.25, -0.2) is 0 Å². The molecular formula is C16H11ClN2O4. The van der Waals surface area contributed by atoms with Gasteiger partial charge in [-0.1, -0.05) is 28.9 Å². The van der Waals surface area contributed by atoms with Gasteiger partial charge >= 0.3 is 0 Å². The van der Waals surface area contributed by atoms with Gasteiger partial charge in [-0.2, -0.15) is 0 Å². The molecule has 0 atom stereocenters. The van der Waals surface area contributed by atoms with Crippen molar-refractivity contribution in [2.24, 2.45) is 0 Å². The first-order chi connectivity index (χ1) is 11.1. The summed E-state index contributed by atoms with van der Waals surface area (Å²) in [5, 5.41) is 24.9. The van der Waals surface area contributed by atoms with Crippen LogP contribution in [0.5, 0.6) is 0 Å². The maximum absolute atomic E-state index is 10.7. The molecule has 7 heteroatoms. The molecule has 0 radical (unpaired) electrons. The van der Waals surface area contributed by atoms with E-state index in [0.717, 1.165) is 5.56 Å². The molecule has 0 fully saturated rings. The van der Waals surface area contributed by atoms with Crippen molar-refractivity contribution in [2.45, 2.75) is 6.61 Å². The van der Waals surface area contributed by atoms with E-state index in [4.69, 9.17) is 16.1 Å². The van der Waals surface area contributed by atoms with E-state index in [1.54, 1.807) is 30.3 Å². The molecule has 1 N–H and O–H groups in total. The van der Waals surface area contributed by atoms with E-state index in [1.165, 1.54) is 12.1 Å². The fourth-order valence-electron chi connectivity index (χ4n) is 2.28. The molecule has 116 valence electrons. The summed E-state index contributed by atoms with van der Waals surface area (Å²) in [6, 6.07) is 12.9. The molecular weight excluding hydrogens is 320 g/mol. The molecule has 3 rings (SSSR count). The van der Waals surface area contributed by atoms with E-state index in [1.807, 2.05) is 6.07 Å². The third-order valence-corrected chi connectivity index (χ3v) is 3.62. The van der Waals surface area contributed by atoms with Crippen molar-refractivity contribution < 1.29 is 14.6 Å². The molecule has 1 heterocycles. The van der Waals surface area contributed by atoms with E-state index in [9.17, 15) is 15.2 Å². The number of hydrogen-bond acceptors (Lipinski definition) is 5. The molecule has 0 unspecified atom stereocenters. The van der Waals surface area contributed by atoms with E-state index < -0.39 is 4.92 Å². The summed E-state index contributed by atoms with van der Waals surface area (Å²) in [5.41, 5.74) is 2.29. The van der Waals surface area contributed by atoms with Gasteiger partial charge < -0.3 is 9.63 Å².